The van der Waals surface area contributed by atoms with Crippen molar-refractivity contribution < 1.29 is 9.90 Å². The molecule has 3 nitrogen and oxygen atoms in total. The first-order valence-corrected chi connectivity index (χ1v) is 7.74. The van der Waals surface area contributed by atoms with Gasteiger partial charge in [-0.2, -0.15) is 0 Å². The smallest absolute Gasteiger partial charge is 0.247 e. The van der Waals surface area contributed by atoms with Crippen LogP contribution in [0.3, 0.4) is 0 Å². The van der Waals surface area contributed by atoms with Gasteiger partial charge in [-0.3, -0.25) is 4.79 Å². The van der Waals surface area contributed by atoms with E-state index in [2.05, 4.69) is 6.92 Å². The molecule has 1 fully saturated rings. The van der Waals surface area contributed by atoms with E-state index in [-0.39, 0.29) is 24.5 Å². The normalized spacial score (nSPS) is 23.2. The molecule has 0 saturated carbocycles. The van der Waals surface area contributed by atoms with Crippen LogP contribution >= 0.6 is 11.6 Å². The highest BCUT2D eigenvalue weighted by Crippen LogP contribution is 2.23. The average Bonchev–Trinajstić information content (AvgIpc) is 2.47. The monoisotopic (exact) mass is 307 g/mol. The molecule has 114 valence electrons. The molecule has 4 heteroatoms. The van der Waals surface area contributed by atoms with Crippen LogP contribution in [0.2, 0.25) is 5.02 Å². The van der Waals surface area contributed by atoms with Gasteiger partial charge in [0.2, 0.25) is 5.91 Å². The Morgan fingerprint density at radius 3 is 2.90 bits per heavy atom. The van der Waals surface area contributed by atoms with Crippen LogP contribution in [0, 0.1) is 5.92 Å². The quantitative estimate of drug-likeness (QED) is 0.870. The predicted octanol–water partition coefficient (Wildman–Crippen LogP) is 3.36. The molecule has 0 aromatic heterocycles. The second-order valence-corrected chi connectivity index (χ2v) is 6.24. The van der Waals surface area contributed by atoms with E-state index in [1.54, 1.807) is 6.08 Å². The van der Waals surface area contributed by atoms with Gasteiger partial charge in [0.1, 0.15) is 0 Å². The molecule has 1 heterocycles. The van der Waals surface area contributed by atoms with E-state index in [9.17, 15) is 9.90 Å². The van der Waals surface area contributed by atoms with Crippen molar-refractivity contribution in [3.63, 3.8) is 0 Å². The Kier molecular flexibility index (Phi) is 5.43. The first-order valence-electron chi connectivity index (χ1n) is 7.37. The number of aliphatic hydroxyl groups is 1. The molecule has 21 heavy (non-hydrogen) atoms. The Hall–Kier alpha value is -1.32. The number of rotatable bonds is 3. The van der Waals surface area contributed by atoms with Crippen molar-refractivity contribution in [1.29, 1.82) is 0 Å². The summed E-state index contributed by atoms with van der Waals surface area (Å²) < 4.78 is 0. The minimum absolute atomic E-state index is 0.0122. The third kappa shape index (κ3) is 4.08. The van der Waals surface area contributed by atoms with Gasteiger partial charge in [0, 0.05) is 30.3 Å². The lowest BCUT2D eigenvalue weighted by Crippen LogP contribution is -2.45. The number of nitrogens with zero attached hydrogens (tertiary/aromatic N) is 1. The van der Waals surface area contributed by atoms with Crippen molar-refractivity contribution in [3.05, 3.63) is 40.9 Å². The third-order valence-corrected chi connectivity index (χ3v) is 4.38. The number of benzene rings is 1. The molecule has 2 unspecified atom stereocenters. The molecule has 0 spiro atoms. The molecule has 1 aromatic carbocycles. The van der Waals surface area contributed by atoms with Crippen LogP contribution < -0.4 is 0 Å². The van der Waals surface area contributed by atoms with E-state index in [1.807, 2.05) is 36.1 Å². The average molecular weight is 308 g/mol. The molecule has 1 N–H and O–H groups in total. The zero-order valence-corrected chi connectivity index (χ0v) is 13.3. The van der Waals surface area contributed by atoms with Crippen LogP contribution in [0.1, 0.15) is 32.3 Å². The SMILES string of the molecule is C/C(=C/C(=O)N1CC(CO)CCC1C)c1cccc(Cl)c1. The molecule has 1 aliphatic rings. The third-order valence-electron chi connectivity index (χ3n) is 4.14. The van der Waals surface area contributed by atoms with Gasteiger partial charge in [-0.25, -0.2) is 0 Å². The number of aliphatic hydroxyl groups excluding tert-OH is 1. The molecule has 0 bridgehead atoms. The van der Waals surface area contributed by atoms with Crippen LogP contribution in [0.4, 0.5) is 0 Å². The van der Waals surface area contributed by atoms with Crippen LogP contribution in [-0.4, -0.2) is 35.1 Å². The largest absolute Gasteiger partial charge is 0.396 e. The summed E-state index contributed by atoms with van der Waals surface area (Å²) in [5.74, 6) is 0.211. The number of allylic oxidation sites excluding steroid dienone is 1. The summed E-state index contributed by atoms with van der Waals surface area (Å²) in [6.07, 6.45) is 3.60. The first-order chi connectivity index (χ1) is 10.0. The van der Waals surface area contributed by atoms with Gasteiger partial charge in [0.25, 0.3) is 0 Å². The summed E-state index contributed by atoms with van der Waals surface area (Å²) in [4.78, 5) is 14.3. The van der Waals surface area contributed by atoms with Gasteiger partial charge in [0.05, 0.1) is 0 Å². The maximum atomic E-state index is 12.5. The lowest BCUT2D eigenvalue weighted by molar-refractivity contribution is -0.130. The molecule has 0 aliphatic carbocycles. The summed E-state index contributed by atoms with van der Waals surface area (Å²) in [5.41, 5.74) is 1.86. The van der Waals surface area contributed by atoms with Crippen molar-refractivity contribution in [2.24, 2.45) is 5.92 Å². The molecule has 0 radical (unpaired) electrons. The minimum Gasteiger partial charge on any atom is -0.396 e. The number of halogens is 1. The lowest BCUT2D eigenvalue weighted by atomic mass is 9.94. The number of piperidine rings is 1. The molecule has 1 aromatic rings. The Morgan fingerprint density at radius 1 is 1.48 bits per heavy atom. The van der Waals surface area contributed by atoms with Crippen molar-refractivity contribution in [2.45, 2.75) is 32.7 Å². The molecule has 1 saturated heterocycles. The van der Waals surface area contributed by atoms with E-state index in [0.717, 1.165) is 24.0 Å². The summed E-state index contributed by atoms with van der Waals surface area (Å²) in [7, 11) is 0. The lowest BCUT2D eigenvalue weighted by Gasteiger charge is -2.37. The fraction of sp³-hybridized carbons (Fsp3) is 0.471. The molecule has 2 atom stereocenters. The maximum absolute atomic E-state index is 12.5. The van der Waals surface area contributed by atoms with E-state index in [0.29, 0.717) is 11.6 Å². The number of amides is 1. The number of carbonyl (C=O) groups excluding carboxylic acids is 1. The Balaban J connectivity index is 2.13. The number of likely N-dealkylation sites (tertiary alicyclic amines) is 1. The Bertz CT molecular complexity index is 541. The number of hydrogen-bond donors (Lipinski definition) is 1. The van der Waals surface area contributed by atoms with E-state index in [4.69, 9.17) is 11.6 Å². The second kappa shape index (κ2) is 7.10. The molecular formula is C17H22ClNO2. The first kappa shape index (κ1) is 16.1. The highest BCUT2D eigenvalue weighted by atomic mass is 35.5. The topological polar surface area (TPSA) is 40.5 Å². The van der Waals surface area contributed by atoms with Gasteiger partial charge in [-0.1, -0.05) is 23.7 Å². The molecule has 1 aliphatic heterocycles. The standard InChI is InChI=1S/C17H22ClNO2/c1-12(15-4-3-5-16(18)9-15)8-17(21)19-10-14(11-20)7-6-13(19)2/h3-5,8-9,13-14,20H,6-7,10-11H2,1-2H3/b12-8-. The van der Waals surface area contributed by atoms with E-state index >= 15 is 0 Å². The summed E-state index contributed by atoms with van der Waals surface area (Å²) >= 11 is 5.98. The van der Waals surface area contributed by atoms with Gasteiger partial charge in [0.15, 0.2) is 0 Å². The van der Waals surface area contributed by atoms with Gasteiger partial charge < -0.3 is 10.0 Å². The second-order valence-electron chi connectivity index (χ2n) is 5.80. The van der Waals surface area contributed by atoms with Gasteiger partial charge >= 0.3 is 0 Å². The highest BCUT2D eigenvalue weighted by molar-refractivity contribution is 6.30. The number of carbonyl (C=O) groups is 1. The van der Waals surface area contributed by atoms with Crippen molar-refractivity contribution in [1.82, 2.24) is 4.90 Å². The fourth-order valence-corrected chi connectivity index (χ4v) is 2.91. The zero-order valence-electron chi connectivity index (χ0n) is 12.6. The van der Waals surface area contributed by atoms with Crippen LogP contribution in [0.25, 0.3) is 5.57 Å². The van der Waals surface area contributed by atoms with Crippen LogP contribution in [0.5, 0.6) is 0 Å². The highest BCUT2D eigenvalue weighted by Gasteiger charge is 2.27. The van der Waals surface area contributed by atoms with Gasteiger partial charge in [-0.05, 0) is 55.9 Å². The van der Waals surface area contributed by atoms with Crippen LogP contribution in [0.15, 0.2) is 30.3 Å². The van der Waals surface area contributed by atoms with Gasteiger partial charge in [-0.15, -0.1) is 0 Å². The van der Waals surface area contributed by atoms with E-state index < -0.39 is 0 Å². The molecule has 1 amide bonds. The molecule has 2 rings (SSSR count). The predicted molar refractivity (Wildman–Crippen MR) is 86.1 cm³/mol. The minimum atomic E-state index is 0.0122. The van der Waals surface area contributed by atoms with E-state index in [1.165, 1.54) is 0 Å². The fourth-order valence-electron chi connectivity index (χ4n) is 2.72. The summed E-state index contributed by atoms with van der Waals surface area (Å²) in [5, 5.41) is 9.97. The zero-order chi connectivity index (χ0) is 15.4. The van der Waals surface area contributed by atoms with Crippen molar-refractivity contribution in [2.75, 3.05) is 13.2 Å². The Labute approximate surface area is 131 Å². The number of hydrogen-bond acceptors (Lipinski definition) is 2. The maximum Gasteiger partial charge on any atom is 0.247 e. The van der Waals surface area contributed by atoms with Crippen molar-refractivity contribution >= 4 is 23.1 Å². The summed E-state index contributed by atoms with van der Waals surface area (Å²) in [6, 6.07) is 7.73. The molecular weight excluding hydrogens is 286 g/mol. The summed E-state index contributed by atoms with van der Waals surface area (Å²) in [6.45, 7) is 4.76. The Morgan fingerprint density at radius 2 is 2.24 bits per heavy atom. The van der Waals surface area contributed by atoms with Crippen molar-refractivity contribution in [3.8, 4) is 0 Å². The van der Waals surface area contributed by atoms with Crippen LogP contribution in [-0.2, 0) is 4.79 Å².